The molecule has 1 saturated carbocycles. The number of anilines is 3. The third-order valence-corrected chi connectivity index (χ3v) is 10.5. The minimum absolute atomic E-state index is 0.0617. The summed E-state index contributed by atoms with van der Waals surface area (Å²) in [5.74, 6) is 0.603. The molecule has 2 aliphatic rings. The molecule has 0 radical (unpaired) electrons. The van der Waals surface area contributed by atoms with Crippen LogP contribution in [0, 0.1) is 11.7 Å². The highest BCUT2D eigenvalue weighted by molar-refractivity contribution is 5.95. The Hall–Kier alpha value is -5.78. The van der Waals surface area contributed by atoms with Crippen molar-refractivity contribution in [2.24, 2.45) is 5.92 Å². The fraction of sp³-hybridized carbons (Fsp3) is 0.386. The van der Waals surface area contributed by atoms with E-state index in [0.717, 1.165) is 61.8 Å². The Balaban J connectivity index is 1.19. The minimum Gasteiger partial charge on any atom is -0.497 e. The number of methoxy groups -OCH3 is 1. The van der Waals surface area contributed by atoms with Crippen LogP contribution in [0.1, 0.15) is 82.8 Å². The monoisotopic (exact) mass is 760 g/mol. The number of ether oxygens (including phenoxy) is 2. The van der Waals surface area contributed by atoms with E-state index < -0.39 is 11.4 Å². The molecule has 3 aromatic heterocycles. The van der Waals surface area contributed by atoms with E-state index in [9.17, 15) is 14.4 Å². The lowest BCUT2D eigenvalue weighted by Gasteiger charge is -2.34. The molecule has 1 saturated heterocycles. The normalized spacial score (nSPS) is 16.4. The predicted molar refractivity (Wildman–Crippen MR) is 216 cm³/mol. The summed E-state index contributed by atoms with van der Waals surface area (Å²) in [5.41, 5.74) is 2.78. The summed E-state index contributed by atoms with van der Waals surface area (Å²) in [5, 5.41) is 6.55. The van der Waals surface area contributed by atoms with Gasteiger partial charge in [-0.1, -0.05) is 37.5 Å². The van der Waals surface area contributed by atoms with Crippen LogP contribution in [0.25, 0.3) is 22.2 Å². The summed E-state index contributed by atoms with van der Waals surface area (Å²) in [7, 11) is 1.60. The molecule has 0 spiro atoms. The van der Waals surface area contributed by atoms with Crippen LogP contribution in [0.5, 0.6) is 5.75 Å². The molecule has 2 amide bonds. The molecule has 2 fully saturated rings. The van der Waals surface area contributed by atoms with Crippen LogP contribution >= 0.6 is 0 Å². The van der Waals surface area contributed by atoms with E-state index in [4.69, 9.17) is 19.4 Å². The third-order valence-electron chi connectivity index (χ3n) is 10.5. The zero-order valence-corrected chi connectivity index (χ0v) is 32.4. The summed E-state index contributed by atoms with van der Waals surface area (Å²) >= 11 is 0. The number of nitrogens with zero attached hydrogens (tertiary/aromatic N) is 4. The topological polar surface area (TPSA) is 128 Å². The van der Waals surface area contributed by atoms with Gasteiger partial charge in [0.2, 0.25) is 5.91 Å². The lowest BCUT2D eigenvalue weighted by Crippen LogP contribution is -2.42. The molecular formula is C44H49FN6O5. The lowest BCUT2D eigenvalue weighted by molar-refractivity contribution is -0.120. The van der Waals surface area contributed by atoms with E-state index in [1.165, 1.54) is 6.07 Å². The Labute approximate surface area is 326 Å². The van der Waals surface area contributed by atoms with E-state index >= 15 is 4.39 Å². The van der Waals surface area contributed by atoms with E-state index in [1.54, 1.807) is 53.2 Å². The first kappa shape index (κ1) is 38.5. The van der Waals surface area contributed by atoms with Gasteiger partial charge in [0.1, 0.15) is 23.0 Å². The van der Waals surface area contributed by atoms with Crippen LogP contribution < -0.4 is 20.9 Å². The molecule has 7 rings (SSSR count). The van der Waals surface area contributed by atoms with Gasteiger partial charge in [0.15, 0.2) is 0 Å². The van der Waals surface area contributed by atoms with Gasteiger partial charge in [0, 0.05) is 48.6 Å². The van der Waals surface area contributed by atoms with Crippen molar-refractivity contribution >= 4 is 40.1 Å². The molecule has 56 heavy (non-hydrogen) atoms. The smallest absolute Gasteiger partial charge is 0.410 e. The molecule has 11 nitrogen and oxygen atoms in total. The number of likely N-dealkylation sites (tertiary alicyclic amines) is 1. The highest BCUT2D eigenvalue weighted by Gasteiger charge is 2.29. The molecule has 1 aliphatic carbocycles. The standard InChI is InChI=1S/C44H49FN6O5/c1-44(2,3)56-43(54)51-21-8-11-31(27-51)30-14-19-39(46-25-30)49-38-24-37(34-18-15-32(23-35(34)45)47-41(52)29-9-6-5-7-10-29)48-36-20-22-50(42(53)40(36)38)26-28-12-16-33(55-4)17-13-28/h12-20,22-25,29,31H,5-11,21,26-27H2,1-4H3,(H,47,52)(H,46,48,49). The van der Waals surface area contributed by atoms with E-state index in [-0.39, 0.29) is 35.0 Å². The van der Waals surface area contributed by atoms with Gasteiger partial charge in [-0.15, -0.1) is 0 Å². The van der Waals surface area contributed by atoms with Crippen molar-refractivity contribution in [3.05, 3.63) is 106 Å². The summed E-state index contributed by atoms with van der Waals surface area (Å²) in [6, 6.07) is 19.3. The van der Waals surface area contributed by atoms with E-state index in [2.05, 4.69) is 10.6 Å². The van der Waals surface area contributed by atoms with Gasteiger partial charge in [-0.3, -0.25) is 9.59 Å². The Morgan fingerprint density at radius 1 is 0.946 bits per heavy atom. The molecule has 4 heterocycles. The number of aromatic nitrogens is 3. The van der Waals surface area contributed by atoms with Crippen molar-refractivity contribution in [2.75, 3.05) is 30.8 Å². The Bertz CT molecular complexity index is 2260. The molecule has 1 unspecified atom stereocenters. The molecule has 12 heteroatoms. The van der Waals surface area contributed by atoms with Gasteiger partial charge in [-0.25, -0.2) is 19.2 Å². The SMILES string of the molecule is COc1ccc(Cn2ccc3nc(-c4ccc(NC(=O)C5CCCCC5)cc4F)cc(Nc4ccc(C5CCCN(C(=O)OC(C)(C)C)C5)cn4)c3c2=O)cc1. The summed E-state index contributed by atoms with van der Waals surface area (Å²) in [4.78, 5) is 51.1. The van der Waals surface area contributed by atoms with Gasteiger partial charge >= 0.3 is 6.09 Å². The number of carbonyl (C=O) groups is 2. The van der Waals surface area contributed by atoms with Crippen LogP contribution in [0.2, 0.25) is 0 Å². The summed E-state index contributed by atoms with van der Waals surface area (Å²) in [6.45, 7) is 7.07. The number of pyridine rings is 3. The summed E-state index contributed by atoms with van der Waals surface area (Å²) < 4.78 is 28.4. The van der Waals surface area contributed by atoms with Crippen LogP contribution in [0.15, 0.2) is 83.9 Å². The number of carbonyl (C=O) groups excluding carboxylic acids is 2. The number of amides is 2. The van der Waals surface area contributed by atoms with Crippen molar-refractivity contribution in [1.82, 2.24) is 19.4 Å². The van der Waals surface area contributed by atoms with Crippen molar-refractivity contribution in [3.63, 3.8) is 0 Å². The maximum absolute atomic E-state index is 15.9. The average Bonchev–Trinajstić information content (AvgIpc) is 3.19. The Morgan fingerprint density at radius 2 is 1.73 bits per heavy atom. The quantitative estimate of drug-likeness (QED) is 0.152. The van der Waals surface area contributed by atoms with Crippen molar-refractivity contribution in [3.8, 4) is 17.0 Å². The van der Waals surface area contributed by atoms with Crippen LogP contribution in [-0.4, -0.2) is 57.2 Å². The number of piperidine rings is 1. The largest absolute Gasteiger partial charge is 0.497 e. The molecular weight excluding hydrogens is 712 g/mol. The Morgan fingerprint density at radius 3 is 2.43 bits per heavy atom. The van der Waals surface area contributed by atoms with Gasteiger partial charge in [0.05, 0.1) is 35.9 Å². The highest BCUT2D eigenvalue weighted by atomic mass is 19.1. The number of fused-ring (bicyclic) bond motifs is 1. The fourth-order valence-electron chi connectivity index (χ4n) is 7.58. The second kappa shape index (κ2) is 16.5. The van der Waals surface area contributed by atoms with E-state index in [0.29, 0.717) is 53.4 Å². The van der Waals surface area contributed by atoms with Gasteiger partial charge < -0.3 is 29.6 Å². The molecule has 1 atom stereocenters. The molecule has 5 aromatic rings. The van der Waals surface area contributed by atoms with Crippen molar-refractivity contribution < 1.29 is 23.5 Å². The molecule has 0 bridgehead atoms. The van der Waals surface area contributed by atoms with E-state index in [1.807, 2.05) is 57.2 Å². The molecule has 2 N–H and O–H groups in total. The second-order valence-electron chi connectivity index (χ2n) is 15.8. The van der Waals surface area contributed by atoms with Crippen LogP contribution in [0.3, 0.4) is 0 Å². The van der Waals surface area contributed by atoms with Gasteiger partial charge in [-0.05, 0) is 106 Å². The predicted octanol–water partition coefficient (Wildman–Crippen LogP) is 9.03. The average molecular weight is 761 g/mol. The first-order valence-corrected chi connectivity index (χ1v) is 19.4. The fourth-order valence-corrected chi connectivity index (χ4v) is 7.58. The van der Waals surface area contributed by atoms with Gasteiger partial charge in [0.25, 0.3) is 5.56 Å². The first-order valence-electron chi connectivity index (χ1n) is 19.4. The minimum atomic E-state index is -0.574. The van der Waals surface area contributed by atoms with Gasteiger partial charge in [-0.2, -0.15) is 0 Å². The molecule has 292 valence electrons. The number of halogens is 1. The second-order valence-corrected chi connectivity index (χ2v) is 15.8. The zero-order valence-electron chi connectivity index (χ0n) is 32.4. The van der Waals surface area contributed by atoms with Crippen LogP contribution in [-0.2, 0) is 16.1 Å². The maximum atomic E-state index is 15.9. The number of hydrogen-bond donors (Lipinski definition) is 2. The lowest BCUT2D eigenvalue weighted by atomic mass is 9.88. The number of nitrogens with one attached hydrogen (secondary N) is 2. The van der Waals surface area contributed by atoms with Crippen LogP contribution in [0.4, 0.5) is 26.4 Å². The number of hydrogen-bond acceptors (Lipinski definition) is 8. The number of benzene rings is 2. The molecule has 1 aliphatic heterocycles. The Kier molecular flexibility index (Phi) is 11.4. The van der Waals surface area contributed by atoms with Crippen molar-refractivity contribution in [1.29, 1.82) is 0 Å². The first-order chi connectivity index (χ1) is 26.9. The summed E-state index contributed by atoms with van der Waals surface area (Å²) in [6.07, 6.45) is 9.79. The molecule has 2 aromatic carbocycles. The maximum Gasteiger partial charge on any atom is 0.410 e. The third kappa shape index (κ3) is 9.01. The number of rotatable bonds is 9. The zero-order chi connectivity index (χ0) is 39.4. The highest BCUT2D eigenvalue weighted by Crippen LogP contribution is 2.33. The van der Waals surface area contributed by atoms with Crippen molar-refractivity contribution in [2.45, 2.75) is 83.8 Å².